The van der Waals surface area contributed by atoms with Crippen LogP contribution in [0.3, 0.4) is 0 Å². The molecule has 0 fully saturated rings. The Morgan fingerprint density at radius 3 is 2.00 bits per heavy atom. The van der Waals surface area contributed by atoms with Crippen LogP contribution in [0.4, 0.5) is 0 Å². The summed E-state index contributed by atoms with van der Waals surface area (Å²) in [6.07, 6.45) is -1.33. The average Bonchev–Trinajstić information content (AvgIpc) is 2.31. The number of hydrogen-bond acceptors (Lipinski definition) is 6. The number of amides is 1. The predicted octanol–water partition coefficient (Wildman–Crippen LogP) is -0.633. The van der Waals surface area contributed by atoms with Crippen molar-refractivity contribution in [3.63, 3.8) is 0 Å². The molecule has 1 aromatic carbocycles. The fourth-order valence-electron chi connectivity index (χ4n) is 1.35. The molecule has 1 rings (SSSR count). The first-order valence-corrected chi connectivity index (χ1v) is 5.20. The van der Waals surface area contributed by atoms with Gasteiger partial charge in [-0.15, -0.1) is 0 Å². The Bertz CT molecular complexity index is 489. The second kappa shape index (κ2) is 5.44. The second-order valence-electron chi connectivity index (χ2n) is 3.89. The van der Waals surface area contributed by atoms with Crippen molar-refractivity contribution in [1.29, 1.82) is 0 Å². The molecule has 0 saturated heterocycles. The standard InChI is InChI=1S/C11H13NO7/c1-4(13)8(11(18)19)12-10(17)5-2-6(14)9(16)7(15)3-5/h2-4,8,13-16H,1H3,(H,12,17)(H,18,19). The summed E-state index contributed by atoms with van der Waals surface area (Å²) in [5.74, 6) is -4.61. The predicted molar refractivity (Wildman–Crippen MR) is 62.0 cm³/mol. The molecule has 0 saturated carbocycles. The molecule has 8 nitrogen and oxygen atoms in total. The zero-order valence-electron chi connectivity index (χ0n) is 9.86. The van der Waals surface area contributed by atoms with E-state index >= 15 is 0 Å². The lowest BCUT2D eigenvalue weighted by molar-refractivity contribution is -0.141. The number of phenols is 3. The van der Waals surface area contributed by atoms with Gasteiger partial charge in [-0.25, -0.2) is 4.79 Å². The molecule has 19 heavy (non-hydrogen) atoms. The van der Waals surface area contributed by atoms with Gasteiger partial charge in [-0.3, -0.25) is 4.79 Å². The first-order valence-electron chi connectivity index (χ1n) is 5.20. The Labute approximate surface area is 107 Å². The van der Waals surface area contributed by atoms with Crippen LogP contribution in [0.5, 0.6) is 17.2 Å². The van der Waals surface area contributed by atoms with Crippen LogP contribution >= 0.6 is 0 Å². The van der Waals surface area contributed by atoms with Crippen LogP contribution in [-0.2, 0) is 4.79 Å². The summed E-state index contributed by atoms with van der Waals surface area (Å²) in [4.78, 5) is 22.5. The van der Waals surface area contributed by atoms with Gasteiger partial charge in [0, 0.05) is 5.56 Å². The molecule has 0 radical (unpaired) electrons. The van der Waals surface area contributed by atoms with Gasteiger partial charge < -0.3 is 30.8 Å². The van der Waals surface area contributed by atoms with E-state index in [-0.39, 0.29) is 5.56 Å². The number of phenolic OH excluding ortho intramolecular Hbond substituents is 3. The van der Waals surface area contributed by atoms with Crippen molar-refractivity contribution < 1.29 is 35.1 Å². The zero-order chi connectivity index (χ0) is 14.7. The summed E-state index contributed by atoms with van der Waals surface area (Å²) < 4.78 is 0. The van der Waals surface area contributed by atoms with E-state index in [2.05, 4.69) is 0 Å². The fraction of sp³-hybridized carbons (Fsp3) is 0.273. The number of aliphatic hydroxyl groups excluding tert-OH is 1. The molecule has 104 valence electrons. The number of hydrogen-bond donors (Lipinski definition) is 6. The first kappa shape index (κ1) is 14.6. The van der Waals surface area contributed by atoms with E-state index in [0.717, 1.165) is 12.1 Å². The Kier molecular flexibility index (Phi) is 4.18. The van der Waals surface area contributed by atoms with Crippen LogP contribution in [0.2, 0.25) is 0 Å². The monoisotopic (exact) mass is 271 g/mol. The van der Waals surface area contributed by atoms with Crippen molar-refractivity contribution in [2.75, 3.05) is 0 Å². The normalized spacial score (nSPS) is 13.6. The third-order valence-corrected chi connectivity index (χ3v) is 2.37. The molecule has 1 aromatic rings. The van der Waals surface area contributed by atoms with Crippen molar-refractivity contribution in [1.82, 2.24) is 5.32 Å². The molecular formula is C11H13NO7. The molecule has 0 spiro atoms. The van der Waals surface area contributed by atoms with E-state index in [1.54, 1.807) is 0 Å². The van der Waals surface area contributed by atoms with Gasteiger partial charge in [0.15, 0.2) is 23.3 Å². The maximum Gasteiger partial charge on any atom is 0.328 e. The Hall–Kier alpha value is -2.48. The van der Waals surface area contributed by atoms with E-state index < -0.39 is 41.3 Å². The van der Waals surface area contributed by atoms with E-state index in [9.17, 15) is 24.9 Å². The highest BCUT2D eigenvalue weighted by Crippen LogP contribution is 2.35. The van der Waals surface area contributed by atoms with Gasteiger partial charge >= 0.3 is 5.97 Å². The van der Waals surface area contributed by atoms with Crippen molar-refractivity contribution in [3.05, 3.63) is 17.7 Å². The van der Waals surface area contributed by atoms with Gasteiger partial charge in [0.2, 0.25) is 0 Å². The lowest BCUT2D eigenvalue weighted by Gasteiger charge is -2.17. The van der Waals surface area contributed by atoms with Crippen molar-refractivity contribution in [2.24, 2.45) is 0 Å². The minimum atomic E-state index is -1.54. The fourth-order valence-corrected chi connectivity index (χ4v) is 1.35. The summed E-state index contributed by atoms with van der Waals surface area (Å²) >= 11 is 0. The Morgan fingerprint density at radius 1 is 1.16 bits per heavy atom. The topological polar surface area (TPSA) is 147 Å². The third-order valence-electron chi connectivity index (χ3n) is 2.37. The lowest BCUT2D eigenvalue weighted by Crippen LogP contribution is -2.47. The quantitative estimate of drug-likeness (QED) is 0.399. The van der Waals surface area contributed by atoms with Crippen molar-refractivity contribution in [2.45, 2.75) is 19.1 Å². The third kappa shape index (κ3) is 3.26. The van der Waals surface area contributed by atoms with Gasteiger partial charge in [0.25, 0.3) is 5.91 Å². The summed E-state index contributed by atoms with van der Waals surface area (Å²) in [7, 11) is 0. The van der Waals surface area contributed by atoms with Gasteiger partial charge in [-0.2, -0.15) is 0 Å². The van der Waals surface area contributed by atoms with Crippen molar-refractivity contribution >= 4 is 11.9 Å². The molecule has 0 bridgehead atoms. The minimum absolute atomic E-state index is 0.264. The zero-order valence-corrected chi connectivity index (χ0v) is 9.86. The largest absolute Gasteiger partial charge is 0.504 e. The second-order valence-corrected chi connectivity index (χ2v) is 3.89. The molecule has 2 atom stereocenters. The number of aliphatic carboxylic acids is 1. The van der Waals surface area contributed by atoms with Crippen LogP contribution in [0.25, 0.3) is 0 Å². The van der Waals surface area contributed by atoms with Gasteiger partial charge in [0.05, 0.1) is 6.10 Å². The number of aromatic hydroxyl groups is 3. The maximum absolute atomic E-state index is 11.7. The van der Waals surface area contributed by atoms with Gasteiger partial charge in [-0.1, -0.05) is 0 Å². The van der Waals surface area contributed by atoms with E-state index in [1.165, 1.54) is 6.92 Å². The molecule has 0 aliphatic rings. The van der Waals surface area contributed by atoms with E-state index in [1.807, 2.05) is 5.32 Å². The van der Waals surface area contributed by atoms with E-state index in [0.29, 0.717) is 0 Å². The Balaban J connectivity index is 2.98. The van der Waals surface area contributed by atoms with Crippen LogP contribution in [0.15, 0.2) is 12.1 Å². The first-order chi connectivity index (χ1) is 8.73. The maximum atomic E-state index is 11.7. The molecule has 6 N–H and O–H groups in total. The summed E-state index contributed by atoms with van der Waals surface area (Å²) in [5, 5.41) is 47.5. The number of nitrogens with one attached hydrogen (secondary N) is 1. The SMILES string of the molecule is CC(O)C(NC(=O)c1cc(O)c(O)c(O)c1)C(=O)O. The summed E-state index contributed by atoms with van der Waals surface area (Å²) in [6, 6.07) is 0.169. The molecule has 0 aromatic heterocycles. The molecule has 1 amide bonds. The van der Waals surface area contributed by atoms with Gasteiger partial charge in [0.1, 0.15) is 0 Å². The minimum Gasteiger partial charge on any atom is -0.504 e. The molecule has 0 aliphatic carbocycles. The molecular weight excluding hydrogens is 258 g/mol. The molecule has 2 unspecified atom stereocenters. The van der Waals surface area contributed by atoms with Crippen LogP contribution < -0.4 is 5.32 Å². The number of carbonyl (C=O) groups is 2. The highest BCUT2D eigenvalue weighted by molar-refractivity contribution is 5.97. The lowest BCUT2D eigenvalue weighted by atomic mass is 10.1. The number of carbonyl (C=O) groups excluding carboxylic acids is 1. The highest BCUT2D eigenvalue weighted by atomic mass is 16.4. The molecule has 0 heterocycles. The Morgan fingerprint density at radius 2 is 1.63 bits per heavy atom. The average molecular weight is 271 g/mol. The smallest absolute Gasteiger partial charge is 0.328 e. The van der Waals surface area contributed by atoms with Crippen molar-refractivity contribution in [3.8, 4) is 17.2 Å². The number of carboxylic acids is 1. The van der Waals surface area contributed by atoms with Gasteiger partial charge in [-0.05, 0) is 19.1 Å². The number of benzene rings is 1. The highest BCUT2D eigenvalue weighted by Gasteiger charge is 2.26. The van der Waals surface area contributed by atoms with Crippen LogP contribution in [0.1, 0.15) is 17.3 Å². The summed E-state index contributed by atoms with van der Waals surface area (Å²) in [6.45, 7) is 1.19. The number of rotatable bonds is 4. The molecule has 0 aliphatic heterocycles. The summed E-state index contributed by atoms with van der Waals surface area (Å²) in [5.41, 5.74) is -0.264. The van der Waals surface area contributed by atoms with Crippen LogP contribution in [0, 0.1) is 0 Å². The number of carboxylic acid groups (broad SMARTS) is 1. The van der Waals surface area contributed by atoms with E-state index in [4.69, 9.17) is 10.2 Å². The van der Waals surface area contributed by atoms with Crippen LogP contribution in [-0.4, -0.2) is 49.6 Å². The number of aliphatic hydroxyl groups is 1. The molecule has 8 heteroatoms.